The van der Waals surface area contributed by atoms with Crippen molar-refractivity contribution in [1.82, 2.24) is 5.43 Å². The lowest BCUT2D eigenvalue weighted by atomic mass is 9.75. The highest BCUT2D eigenvalue weighted by Crippen LogP contribution is 2.44. The molecule has 0 saturated heterocycles. The molecule has 1 aliphatic rings. The first kappa shape index (κ1) is 14.0. The summed E-state index contributed by atoms with van der Waals surface area (Å²) in [4.78, 5) is 2.97. The number of thiophene rings is 1. The number of aryl methyl sites for hydroxylation is 1. The molecule has 1 atom stereocenters. The Balaban J connectivity index is 2.08. The Bertz CT molecular complexity index is 366. The third kappa shape index (κ3) is 2.79. The van der Waals surface area contributed by atoms with Crippen LogP contribution in [0.2, 0.25) is 0 Å². The normalized spacial score (nSPS) is 20.2. The maximum atomic E-state index is 5.86. The average molecular weight is 266 g/mol. The van der Waals surface area contributed by atoms with Crippen molar-refractivity contribution < 1.29 is 0 Å². The number of hydrazine groups is 1. The summed E-state index contributed by atoms with van der Waals surface area (Å²) in [6.45, 7) is 4.54. The second kappa shape index (κ2) is 6.18. The molecule has 1 aromatic heterocycles. The van der Waals surface area contributed by atoms with Gasteiger partial charge in [0.05, 0.1) is 0 Å². The highest BCUT2D eigenvalue weighted by molar-refractivity contribution is 7.11. The second-order valence-corrected chi connectivity index (χ2v) is 6.82. The summed E-state index contributed by atoms with van der Waals surface area (Å²) in [7, 11) is 0. The maximum absolute atomic E-state index is 5.86. The molecule has 0 aromatic carbocycles. The van der Waals surface area contributed by atoms with Crippen molar-refractivity contribution in [3.63, 3.8) is 0 Å². The number of hydrogen-bond acceptors (Lipinski definition) is 3. The van der Waals surface area contributed by atoms with Crippen LogP contribution in [0.1, 0.15) is 55.7 Å². The molecule has 1 unspecified atom stereocenters. The molecule has 0 bridgehead atoms. The summed E-state index contributed by atoms with van der Waals surface area (Å²) in [5, 5.41) is 0. The van der Waals surface area contributed by atoms with Crippen LogP contribution in [0.25, 0.3) is 0 Å². The highest BCUT2D eigenvalue weighted by atomic mass is 32.1. The first-order valence-electron chi connectivity index (χ1n) is 7.28. The fourth-order valence-corrected chi connectivity index (χ4v) is 4.41. The quantitative estimate of drug-likeness (QED) is 0.609. The van der Waals surface area contributed by atoms with E-state index < -0.39 is 0 Å². The van der Waals surface area contributed by atoms with Gasteiger partial charge in [-0.25, -0.2) is 0 Å². The Morgan fingerprint density at radius 1 is 1.28 bits per heavy atom. The molecule has 2 rings (SSSR count). The molecule has 102 valence electrons. The number of nitrogens with two attached hydrogens (primary N) is 1. The monoisotopic (exact) mass is 266 g/mol. The molecule has 0 aliphatic heterocycles. The Labute approximate surface area is 115 Å². The second-order valence-electron chi connectivity index (χ2n) is 5.57. The summed E-state index contributed by atoms with van der Waals surface area (Å²) in [6.07, 6.45) is 8.90. The molecule has 3 N–H and O–H groups in total. The van der Waals surface area contributed by atoms with Crippen molar-refractivity contribution in [2.45, 2.75) is 64.8 Å². The van der Waals surface area contributed by atoms with Gasteiger partial charge in [-0.05, 0) is 49.7 Å². The molecule has 3 heteroatoms. The van der Waals surface area contributed by atoms with Crippen molar-refractivity contribution in [2.75, 3.05) is 0 Å². The van der Waals surface area contributed by atoms with Gasteiger partial charge in [-0.15, -0.1) is 11.3 Å². The van der Waals surface area contributed by atoms with E-state index in [0.29, 0.717) is 11.5 Å². The molecule has 0 amide bonds. The zero-order valence-corrected chi connectivity index (χ0v) is 12.5. The molecule has 1 aromatic rings. The minimum Gasteiger partial charge on any atom is -0.271 e. The molecule has 0 spiro atoms. The van der Waals surface area contributed by atoms with E-state index in [4.69, 9.17) is 5.84 Å². The van der Waals surface area contributed by atoms with Gasteiger partial charge in [0.1, 0.15) is 0 Å². The van der Waals surface area contributed by atoms with Crippen LogP contribution in [0.4, 0.5) is 0 Å². The molecule has 0 radical (unpaired) electrons. The zero-order chi connectivity index (χ0) is 13.0. The number of rotatable bonds is 6. The van der Waals surface area contributed by atoms with Crippen LogP contribution in [-0.4, -0.2) is 6.04 Å². The summed E-state index contributed by atoms with van der Waals surface area (Å²) in [6, 6.07) is 4.99. The van der Waals surface area contributed by atoms with Gasteiger partial charge < -0.3 is 0 Å². The Morgan fingerprint density at radius 2 is 1.94 bits per heavy atom. The molecule has 1 fully saturated rings. The van der Waals surface area contributed by atoms with Crippen molar-refractivity contribution in [3.8, 4) is 0 Å². The molecular formula is C15H26N2S. The first-order valence-corrected chi connectivity index (χ1v) is 8.09. The van der Waals surface area contributed by atoms with Crippen molar-refractivity contribution >= 4 is 11.3 Å². The third-order valence-corrected chi connectivity index (χ3v) is 5.97. The topological polar surface area (TPSA) is 38.0 Å². The lowest BCUT2D eigenvalue weighted by Crippen LogP contribution is -2.48. The Kier molecular flexibility index (Phi) is 4.82. The lowest BCUT2D eigenvalue weighted by Gasteiger charge is -2.36. The van der Waals surface area contributed by atoms with E-state index in [1.54, 1.807) is 0 Å². The molecule has 2 nitrogen and oxygen atoms in total. The predicted molar refractivity (Wildman–Crippen MR) is 79.7 cm³/mol. The number of nitrogens with one attached hydrogen (secondary N) is 1. The maximum Gasteiger partial charge on any atom is 0.0315 e. The standard InChI is InChI=1S/C15H26N2S/c1-3-12-7-8-13(18-12)11-14(17-16)15(4-2)9-5-6-10-15/h7-8,14,17H,3-6,9-11,16H2,1-2H3. The molecule has 18 heavy (non-hydrogen) atoms. The van der Waals surface area contributed by atoms with Crippen molar-refractivity contribution in [3.05, 3.63) is 21.9 Å². The summed E-state index contributed by atoms with van der Waals surface area (Å²) in [5.74, 6) is 5.86. The molecule has 1 aliphatic carbocycles. The van der Waals surface area contributed by atoms with Crippen LogP contribution in [0.3, 0.4) is 0 Å². The van der Waals surface area contributed by atoms with Gasteiger partial charge in [0, 0.05) is 15.8 Å². The van der Waals surface area contributed by atoms with E-state index in [1.165, 1.54) is 41.9 Å². The van der Waals surface area contributed by atoms with E-state index in [9.17, 15) is 0 Å². The van der Waals surface area contributed by atoms with E-state index in [-0.39, 0.29) is 0 Å². The number of hydrogen-bond donors (Lipinski definition) is 2. The van der Waals surface area contributed by atoms with Crippen LogP contribution >= 0.6 is 11.3 Å². The fourth-order valence-electron chi connectivity index (χ4n) is 3.40. The van der Waals surface area contributed by atoms with Gasteiger partial charge in [-0.1, -0.05) is 26.7 Å². The van der Waals surface area contributed by atoms with Gasteiger partial charge in [0.15, 0.2) is 0 Å². The van der Waals surface area contributed by atoms with Gasteiger partial charge in [0.25, 0.3) is 0 Å². The van der Waals surface area contributed by atoms with Crippen LogP contribution in [-0.2, 0) is 12.8 Å². The Morgan fingerprint density at radius 3 is 2.44 bits per heavy atom. The summed E-state index contributed by atoms with van der Waals surface area (Å²) < 4.78 is 0. The van der Waals surface area contributed by atoms with E-state index in [1.807, 2.05) is 11.3 Å². The Hall–Kier alpha value is -0.380. The molecule has 1 saturated carbocycles. The van der Waals surface area contributed by atoms with Crippen LogP contribution < -0.4 is 11.3 Å². The predicted octanol–water partition coefficient (Wildman–Crippen LogP) is 3.66. The smallest absolute Gasteiger partial charge is 0.0315 e. The zero-order valence-electron chi connectivity index (χ0n) is 11.7. The van der Waals surface area contributed by atoms with Gasteiger partial charge >= 0.3 is 0 Å². The van der Waals surface area contributed by atoms with Gasteiger partial charge in [-0.3, -0.25) is 11.3 Å². The fraction of sp³-hybridized carbons (Fsp3) is 0.733. The average Bonchev–Trinajstić information content (AvgIpc) is 3.05. The van der Waals surface area contributed by atoms with Crippen LogP contribution in [0.5, 0.6) is 0 Å². The minimum atomic E-state index is 0.436. The summed E-state index contributed by atoms with van der Waals surface area (Å²) >= 11 is 1.95. The highest BCUT2D eigenvalue weighted by Gasteiger charge is 2.39. The van der Waals surface area contributed by atoms with Crippen molar-refractivity contribution in [1.29, 1.82) is 0 Å². The third-order valence-electron chi connectivity index (χ3n) is 4.71. The summed E-state index contributed by atoms with van der Waals surface area (Å²) in [5.41, 5.74) is 3.55. The lowest BCUT2D eigenvalue weighted by molar-refractivity contribution is 0.186. The van der Waals surface area contributed by atoms with Crippen molar-refractivity contribution in [2.24, 2.45) is 11.3 Å². The van der Waals surface area contributed by atoms with E-state index >= 15 is 0 Å². The van der Waals surface area contributed by atoms with E-state index in [2.05, 4.69) is 31.4 Å². The molecular weight excluding hydrogens is 240 g/mol. The van der Waals surface area contributed by atoms with Crippen LogP contribution in [0, 0.1) is 5.41 Å². The first-order chi connectivity index (χ1) is 8.74. The van der Waals surface area contributed by atoms with Gasteiger partial charge in [-0.2, -0.15) is 0 Å². The SMILES string of the molecule is CCc1ccc(CC(NN)C2(CC)CCCC2)s1. The van der Waals surface area contributed by atoms with Gasteiger partial charge in [0.2, 0.25) is 0 Å². The van der Waals surface area contributed by atoms with E-state index in [0.717, 1.165) is 12.8 Å². The largest absolute Gasteiger partial charge is 0.271 e. The molecule has 1 heterocycles. The minimum absolute atomic E-state index is 0.436. The van der Waals surface area contributed by atoms with Crippen LogP contribution in [0.15, 0.2) is 12.1 Å².